The molecule has 1 aromatic carbocycles. The van der Waals surface area contributed by atoms with E-state index < -0.39 is 0 Å². The van der Waals surface area contributed by atoms with Crippen molar-refractivity contribution >= 4 is 0 Å². The fraction of sp³-hybridized carbons (Fsp3) is 0.600. The van der Waals surface area contributed by atoms with Crippen LogP contribution in [0.3, 0.4) is 0 Å². The van der Waals surface area contributed by atoms with Crippen LogP contribution in [-0.4, -0.2) is 26.3 Å². The number of aryl methyl sites for hydroxylation is 1. The zero-order valence-corrected chi connectivity index (χ0v) is 11.9. The van der Waals surface area contributed by atoms with Gasteiger partial charge in [0, 0.05) is 6.54 Å². The molecule has 0 aromatic heterocycles. The van der Waals surface area contributed by atoms with E-state index in [0.717, 1.165) is 13.1 Å². The van der Waals surface area contributed by atoms with E-state index in [-0.39, 0.29) is 11.6 Å². The third-order valence-corrected chi connectivity index (χ3v) is 2.82. The van der Waals surface area contributed by atoms with Gasteiger partial charge in [-0.25, -0.2) is 8.78 Å². The van der Waals surface area contributed by atoms with Gasteiger partial charge in [0.05, 0.1) is 13.2 Å². The molecule has 0 atom stereocenters. The van der Waals surface area contributed by atoms with E-state index in [1.807, 2.05) is 0 Å². The van der Waals surface area contributed by atoms with Crippen LogP contribution in [0.25, 0.3) is 0 Å². The Morgan fingerprint density at radius 1 is 1.16 bits per heavy atom. The summed E-state index contributed by atoms with van der Waals surface area (Å²) in [6, 6.07) is 2.49. The van der Waals surface area contributed by atoms with Gasteiger partial charge in [-0.2, -0.15) is 0 Å². The molecule has 0 aliphatic carbocycles. The second-order valence-corrected chi connectivity index (χ2v) is 5.15. The average molecular weight is 271 g/mol. The SMILES string of the molecule is Cc1cc(F)c(CCOCCNCC(C)C)cc1F. The summed E-state index contributed by atoms with van der Waals surface area (Å²) in [7, 11) is 0. The number of ether oxygens (including phenoxy) is 1. The van der Waals surface area contributed by atoms with Crippen molar-refractivity contribution in [3.8, 4) is 0 Å². The molecule has 0 spiro atoms. The van der Waals surface area contributed by atoms with E-state index in [4.69, 9.17) is 4.74 Å². The molecule has 108 valence electrons. The first-order valence-electron chi connectivity index (χ1n) is 6.73. The maximum absolute atomic E-state index is 13.5. The van der Waals surface area contributed by atoms with Gasteiger partial charge in [0.15, 0.2) is 0 Å². The van der Waals surface area contributed by atoms with E-state index >= 15 is 0 Å². The number of hydrogen-bond acceptors (Lipinski definition) is 2. The van der Waals surface area contributed by atoms with Crippen molar-refractivity contribution < 1.29 is 13.5 Å². The highest BCUT2D eigenvalue weighted by molar-refractivity contribution is 5.25. The standard InChI is InChI=1S/C15H23F2NO/c1-11(2)10-18-5-7-19-6-4-13-9-14(16)12(3)8-15(13)17/h8-9,11,18H,4-7,10H2,1-3H3. The lowest BCUT2D eigenvalue weighted by Crippen LogP contribution is -2.24. The number of rotatable bonds is 8. The molecule has 0 amide bonds. The Labute approximate surface area is 114 Å². The maximum Gasteiger partial charge on any atom is 0.126 e. The normalized spacial score (nSPS) is 11.3. The van der Waals surface area contributed by atoms with Crippen molar-refractivity contribution in [1.29, 1.82) is 0 Å². The summed E-state index contributed by atoms with van der Waals surface area (Å²) in [4.78, 5) is 0. The fourth-order valence-electron chi connectivity index (χ4n) is 1.70. The third kappa shape index (κ3) is 6.12. The lowest BCUT2D eigenvalue weighted by molar-refractivity contribution is 0.138. The summed E-state index contributed by atoms with van der Waals surface area (Å²) in [6.07, 6.45) is 0.396. The molecular formula is C15H23F2NO. The smallest absolute Gasteiger partial charge is 0.126 e. The highest BCUT2D eigenvalue weighted by Gasteiger charge is 2.06. The van der Waals surface area contributed by atoms with Crippen molar-refractivity contribution in [2.24, 2.45) is 5.92 Å². The highest BCUT2D eigenvalue weighted by atomic mass is 19.1. The van der Waals surface area contributed by atoms with Gasteiger partial charge in [0.25, 0.3) is 0 Å². The van der Waals surface area contributed by atoms with Crippen molar-refractivity contribution in [2.75, 3.05) is 26.3 Å². The van der Waals surface area contributed by atoms with Gasteiger partial charge >= 0.3 is 0 Å². The van der Waals surface area contributed by atoms with Crippen molar-refractivity contribution in [1.82, 2.24) is 5.32 Å². The molecule has 0 saturated carbocycles. The van der Waals surface area contributed by atoms with Crippen LogP contribution in [0.1, 0.15) is 25.0 Å². The monoisotopic (exact) mass is 271 g/mol. The van der Waals surface area contributed by atoms with Crippen LogP contribution in [0.4, 0.5) is 8.78 Å². The molecule has 0 radical (unpaired) electrons. The molecule has 0 aliphatic heterocycles. The first-order valence-corrected chi connectivity index (χ1v) is 6.73. The molecular weight excluding hydrogens is 248 g/mol. The number of benzene rings is 1. The van der Waals surface area contributed by atoms with Crippen LogP contribution in [0.5, 0.6) is 0 Å². The first-order chi connectivity index (χ1) is 9.00. The Balaban J connectivity index is 2.21. The van der Waals surface area contributed by atoms with Crippen LogP contribution < -0.4 is 5.32 Å². The van der Waals surface area contributed by atoms with Gasteiger partial charge in [-0.15, -0.1) is 0 Å². The van der Waals surface area contributed by atoms with Crippen molar-refractivity contribution in [3.05, 3.63) is 34.9 Å². The Morgan fingerprint density at radius 2 is 1.89 bits per heavy atom. The molecule has 1 N–H and O–H groups in total. The van der Waals surface area contributed by atoms with Gasteiger partial charge in [-0.3, -0.25) is 0 Å². The van der Waals surface area contributed by atoms with Gasteiger partial charge in [-0.05, 0) is 49.1 Å². The summed E-state index contributed by atoms with van der Waals surface area (Å²) in [5, 5.41) is 3.25. The highest BCUT2D eigenvalue weighted by Crippen LogP contribution is 2.14. The molecule has 1 rings (SSSR count). The quantitative estimate of drug-likeness (QED) is 0.734. The largest absolute Gasteiger partial charge is 0.380 e. The van der Waals surface area contributed by atoms with E-state index in [1.54, 1.807) is 6.92 Å². The van der Waals surface area contributed by atoms with Crippen molar-refractivity contribution in [3.63, 3.8) is 0 Å². The summed E-state index contributed by atoms with van der Waals surface area (Å²) in [6.45, 7) is 8.57. The van der Waals surface area contributed by atoms with Gasteiger partial charge in [-0.1, -0.05) is 13.8 Å². The van der Waals surface area contributed by atoms with Gasteiger partial charge in [0.1, 0.15) is 11.6 Å². The average Bonchev–Trinajstić information content (AvgIpc) is 2.33. The van der Waals surface area contributed by atoms with E-state index in [0.29, 0.717) is 36.7 Å². The lowest BCUT2D eigenvalue weighted by Gasteiger charge is -2.09. The van der Waals surface area contributed by atoms with Gasteiger partial charge < -0.3 is 10.1 Å². The second kappa shape index (κ2) is 8.23. The van der Waals surface area contributed by atoms with Crippen LogP contribution in [0.2, 0.25) is 0 Å². The van der Waals surface area contributed by atoms with Crippen LogP contribution in [0, 0.1) is 24.5 Å². The predicted octanol–water partition coefficient (Wildman–Crippen LogP) is 3.08. The number of hydrogen-bond donors (Lipinski definition) is 1. The predicted molar refractivity (Wildman–Crippen MR) is 73.3 cm³/mol. The second-order valence-electron chi connectivity index (χ2n) is 5.15. The summed E-state index contributed by atoms with van der Waals surface area (Å²) < 4.78 is 32.2. The van der Waals surface area contributed by atoms with Crippen LogP contribution in [-0.2, 0) is 11.2 Å². The van der Waals surface area contributed by atoms with E-state index in [2.05, 4.69) is 19.2 Å². The fourth-order valence-corrected chi connectivity index (χ4v) is 1.70. The molecule has 1 aromatic rings. The zero-order valence-electron chi connectivity index (χ0n) is 11.9. The molecule has 0 unspecified atom stereocenters. The maximum atomic E-state index is 13.5. The molecule has 19 heavy (non-hydrogen) atoms. The number of nitrogens with one attached hydrogen (secondary N) is 1. The third-order valence-electron chi connectivity index (χ3n) is 2.82. The molecule has 0 fully saturated rings. The number of halogens is 2. The molecule has 0 aliphatic rings. The van der Waals surface area contributed by atoms with Crippen LogP contribution in [0.15, 0.2) is 12.1 Å². The minimum Gasteiger partial charge on any atom is -0.380 e. The minimum atomic E-state index is -0.366. The lowest BCUT2D eigenvalue weighted by atomic mass is 10.1. The van der Waals surface area contributed by atoms with Crippen molar-refractivity contribution in [2.45, 2.75) is 27.2 Å². The Morgan fingerprint density at radius 3 is 2.58 bits per heavy atom. The topological polar surface area (TPSA) is 21.3 Å². The molecule has 2 nitrogen and oxygen atoms in total. The molecule has 0 heterocycles. The Hall–Kier alpha value is -1.00. The first kappa shape index (κ1) is 16.1. The zero-order chi connectivity index (χ0) is 14.3. The molecule has 4 heteroatoms. The van der Waals surface area contributed by atoms with E-state index in [1.165, 1.54) is 12.1 Å². The van der Waals surface area contributed by atoms with Crippen LogP contribution >= 0.6 is 0 Å². The summed E-state index contributed by atoms with van der Waals surface area (Å²) in [5.74, 6) is -0.111. The molecule has 0 saturated heterocycles. The Bertz CT molecular complexity index is 394. The Kier molecular flexibility index (Phi) is 6.95. The molecule has 0 bridgehead atoms. The summed E-state index contributed by atoms with van der Waals surface area (Å²) >= 11 is 0. The minimum absolute atomic E-state index is 0.333. The van der Waals surface area contributed by atoms with Gasteiger partial charge in [0.2, 0.25) is 0 Å². The summed E-state index contributed by atoms with van der Waals surface area (Å²) in [5.41, 5.74) is 0.707. The van der Waals surface area contributed by atoms with E-state index in [9.17, 15) is 8.78 Å².